The molecule has 1 aromatic heterocycles. The van der Waals surface area contributed by atoms with Gasteiger partial charge in [0.2, 0.25) is 0 Å². The topological polar surface area (TPSA) is 148 Å². The van der Waals surface area contributed by atoms with Crippen molar-refractivity contribution in [3.63, 3.8) is 0 Å². The summed E-state index contributed by atoms with van der Waals surface area (Å²) in [6.45, 7) is 3.24. The molecule has 1 amide bonds. The molecule has 0 radical (unpaired) electrons. The number of hydrogen-bond acceptors (Lipinski definition) is 15. The van der Waals surface area contributed by atoms with E-state index >= 15 is 0 Å². The van der Waals surface area contributed by atoms with Gasteiger partial charge in [0.15, 0.2) is 6.61 Å². The fourth-order valence-electron chi connectivity index (χ4n) is 5.81. The van der Waals surface area contributed by atoms with Crippen LogP contribution < -0.4 is 9.64 Å². The standard InChI is InChI=1S/C33H28N2O10S4/c1-32(2)26-21(16-11-7-9-13-18(16)35(32)20(36)15-45-31-34-17-12-8-10-14-19(17)46-31)33(22(27(37)41-3)23(47-26)28(38)42-4)48-24(29(39)43-5)25(49-33)30(40)44-6/h7-14H,15H2,1-6H3. The summed E-state index contributed by atoms with van der Waals surface area (Å²) in [4.78, 5) is 74.0. The highest BCUT2D eigenvalue weighted by Crippen LogP contribution is 2.71. The van der Waals surface area contributed by atoms with Gasteiger partial charge in [0.25, 0.3) is 11.1 Å². The molecule has 1 spiro atoms. The van der Waals surface area contributed by atoms with Gasteiger partial charge in [-0.05, 0) is 32.0 Å². The maximum atomic E-state index is 14.2. The Labute approximate surface area is 297 Å². The first-order valence-electron chi connectivity index (χ1n) is 14.5. The number of esters is 4. The molecule has 12 nitrogen and oxygen atoms in total. The van der Waals surface area contributed by atoms with Gasteiger partial charge in [-0.2, -0.15) is 0 Å². The Morgan fingerprint density at radius 2 is 1.33 bits per heavy atom. The minimum absolute atomic E-state index is 0.123. The number of anilines is 1. The Bertz CT molecular complexity index is 1990. The van der Waals surface area contributed by atoms with Crippen LogP contribution in [0.5, 0.6) is 5.19 Å². The molecule has 0 unspecified atom stereocenters. The smallest absolute Gasteiger partial charge is 0.345 e. The van der Waals surface area contributed by atoms with Crippen LogP contribution in [0.3, 0.4) is 0 Å². The summed E-state index contributed by atoms with van der Waals surface area (Å²) in [6, 6.07) is 14.6. The van der Waals surface area contributed by atoms with E-state index in [2.05, 4.69) is 4.98 Å². The molecule has 49 heavy (non-hydrogen) atoms. The van der Waals surface area contributed by atoms with Crippen molar-refractivity contribution in [1.82, 2.24) is 4.98 Å². The van der Waals surface area contributed by atoms with E-state index in [-0.39, 0.29) is 26.9 Å². The SMILES string of the molecule is COC(=O)C1=C(C(=O)OC)SC2(S1)C(C(=O)OC)=C(C(=O)OC)SC1=C2c2ccccc2N(C(=O)COc2nc3ccccc3s2)C1(C)C. The fourth-order valence-corrected chi connectivity index (χ4v) is 11.7. The van der Waals surface area contributed by atoms with Crippen LogP contribution >= 0.6 is 46.6 Å². The zero-order valence-electron chi connectivity index (χ0n) is 26.9. The first-order chi connectivity index (χ1) is 23.4. The minimum atomic E-state index is -1.66. The van der Waals surface area contributed by atoms with Crippen LogP contribution in [-0.2, 0) is 42.9 Å². The monoisotopic (exact) mass is 740 g/mol. The Balaban J connectivity index is 1.54. The molecule has 0 N–H and O–H groups in total. The van der Waals surface area contributed by atoms with Crippen molar-refractivity contribution < 1.29 is 47.7 Å². The van der Waals surface area contributed by atoms with E-state index in [1.807, 2.05) is 24.3 Å². The van der Waals surface area contributed by atoms with Crippen LogP contribution in [0, 0.1) is 0 Å². The molecule has 0 aliphatic carbocycles. The van der Waals surface area contributed by atoms with Gasteiger partial charge in [-0.1, -0.05) is 77.0 Å². The number of aromatic nitrogens is 1. The third kappa shape index (κ3) is 5.59. The average Bonchev–Trinajstić information content (AvgIpc) is 3.71. The van der Waals surface area contributed by atoms with Gasteiger partial charge in [0.1, 0.15) is 18.8 Å². The quantitative estimate of drug-likeness (QED) is 0.228. The Hall–Kier alpha value is -4.25. The zero-order valence-corrected chi connectivity index (χ0v) is 30.2. The number of carbonyl (C=O) groups excluding carboxylic acids is 5. The minimum Gasteiger partial charge on any atom is -0.466 e. The lowest BCUT2D eigenvalue weighted by molar-refractivity contribution is -0.138. The molecule has 3 aliphatic rings. The highest BCUT2D eigenvalue weighted by Gasteiger charge is 2.61. The van der Waals surface area contributed by atoms with Crippen molar-refractivity contribution in [1.29, 1.82) is 0 Å². The van der Waals surface area contributed by atoms with Gasteiger partial charge < -0.3 is 23.7 Å². The van der Waals surface area contributed by atoms with E-state index < -0.39 is 39.4 Å². The second-order valence-corrected chi connectivity index (χ2v) is 15.7. The summed E-state index contributed by atoms with van der Waals surface area (Å²) < 4.78 is 25.6. The Kier molecular flexibility index (Phi) is 9.34. The predicted octanol–water partition coefficient (Wildman–Crippen LogP) is 5.29. The molecule has 4 heterocycles. The normalized spacial score (nSPS) is 17.5. The number of amides is 1. The average molecular weight is 741 g/mol. The number of benzene rings is 2. The first-order valence-corrected chi connectivity index (χ1v) is 17.7. The number of methoxy groups -OCH3 is 4. The van der Waals surface area contributed by atoms with Crippen LogP contribution in [0.15, 0.2) is 73.7 Å². The molecule has 16 heteroatoms. The largest absolute Gasteiger partial charge is 0.466 e. The lowest BCUT2D eigenvalue weighted by Crippen LogP contribution is -2.55. The molecule has 254 valence electrons. The van der Waals surface area contributed by atoms with Crippen LogP contribution in [0.4, 0.5) is 5.69 Å². The van der Waals surface area contributed by atoms with Gasteiger partial charge in [-0.3, -0.25) is 9.69 Å². The molecule has 0 saturated heterocycles. The molecule has 0 saturated carbocycles. The molecular formula is C33H28N2O10S4. The fraction of sp³-hybridized carbons (Fsp3) is 0.273. The number of ether oxygens (including phenoxy) is 5. The third-order valence-corrected chi connectivity index (χ3v) is 13.5. The molecule has 3 aliphatic heterocycles. The molecule has 0 atom stereocenters. The van der Waals surface area contributed by atoms with Gasteiger partial charge in [-0.15, -0.1) is 0 Å². The van der Waals surface area contributed by atoms with Crippen molar-refractivity contribution in [2.24, 2.45) is 0 Å². The number of hydrogen-bond donors (Lipinski definition) is 0. The van der Waals surface area contributed by atoms with Gasteiger partial charge in [-0.25, -0.2) is 24.2 Å². The van der Waals surface area contributed by atoms with Crippen molar-refractivity contribution in [3.8, 4) is 5.19 Å². The molecule has 3 aromatic rings. The van der Waals surface area contributed by atoms with Gasteiger partial charge >= 0.3 is 23.9 Å². The molecule has 0 bridgehead atoms. The molecule has 6 rings (SSSR count). The van der Waals surface area contributed by atoms with E-state index in [4.69, 9.17) is 23.7 Å². The van der Waals surface area contributed by atoms with Crippen molar-refractivity contribution in [2.75, 3.05) is 39.9 Å². The predicted molar refractivity (Wildman–Crippen MR) is 188 cm³/mol. The van der Waals surface area contributed by atoms with Crippen LogP contribution in [0.2, 0.25) is 0 Å². The highest BCUT2D eigenvalue weighted by molar-refractivity contribution is 8.26. The van der Waals surface area contributed by atoms with Crippen molar-refractivity contribution >= 4 is 97.9 Å². The number of nitrogens with zero attached hydrogens (tertiary/aromatic N) is 2. The maximum Gasteiger partial charge on any atom is 0.345 e. The number of fused-ring (bicyclic) bond motifs is 4. The van der Waals surface area contributed by atoms with E-state index in [0.717, 1.165) is 66.8 Å². The van der Waals surface area contributed by atoms with Crippen molar-refractivity contribution in [2.45, 2.75) is 23.5 Å². The van der Waals surface area contributed by atoms with Crippen LogP contribution in [0.25, 0.3) is 15.8 Å². The Morgan fingerprint density at radius 3 is 1.94 bits per heavy atom. The zero-order chi connectivity index (χ0) is 35.2. The summed E-state index contributed by atoms with van der Waals surface area (Å²) in [5, 5.41) is 0.331. The number of para-hydroxylation sites is 2. The van der Waals surface area contributed by atoms with Crippen LogP contribution in [0.1, 0.15) is 19.4 Å². The molecule has 0 fully saturated rings. The lowest BCUT2D eigenvalue weighted by Gasteiger charge is -2.50. The first kappa shape index (κ1) is 34.6. The summed E-state index contributed by atoms with van der Waals surface area (Å²) in [5.41, 5.74) is 0.888. The van der Waals surface area contributed by atoms with Gasteiger partial charge in [0, 0.05) is 16.0 Å². The third-order valence-electron chi connectivity index (χ3n) is 7.89. The number of rotatable bonds is 7. The maximum absolute atomic E-state index is 14.2. The van der Waals surface area contributed by atoms with E-state index in [1.54, 1.807) is 43.0 Å². The number of thiazole rings is 1. The van der Waals surface area contributed by atoms with Crippen LogP contribution in [-0.4, -0.2) is 79.4 Å². The second kappa shape index (κ2) is 13.2. The lowest BCUT2D eigenvalue weighted by atomic mass is 9.83. The molecular weight excluding hydrogens is 713 g/mol. The van der Waals surface area contributed by atoms with Crippen molar-refractivity contribution in [3.05, 3.63) is 79.3 Å². The Morgan fingerprint density at radius 1 is 0.755 bits per heavy atom. The summed E-state index contributed by atoms with van der Waals surface area (Å²) in [5.74, 6) is -3.82. The summed E-state index contributed by atoms with van der Waals surface area (Å²) in [6.07, 6.45) is 0. The highest BCUT2D eigenvalue weighted by atomic mass is 32.2. The summed E-state index contributed by atoms with van der Waals surface area (Å²) in [7, 11) is 4.66. The van der Waals surface area contributed by atoms with E-state index in [0.29, 0.717) is 26.9 Å². The second-order valence-electron chi connectivity index (χ2n) is 11.0. The molecule has 2 aromatic carbocycles. The van der Waals surface area contributed by atoms with Gasteiger partial charge in [0.05, 0.1) is 55.5 Å². The number of thioether (sulfide) groups is 3. The number of carbonyl (C=O) groups is 5. The van der Waals surface area contributed by atoms with E-state index in [9.17, 15) is 24.0 Å². The van der Waals surface area contributed by atoms with E-state index in [1.165, 1.54) is 18.4 Å². The summed E-state index contributed by atoms with van der Waals surface area (Å²) >= 11 is 4.01.